The highest BCUT2D eigenvalue weighted by Crippen LogP contribution is 2.40. The van der Waals surface area contributed by atoms with Crippen LogP contribution in [0.3, 0.4) is 0 Å². The van der Waals surface area contributed by atoms with Gasteiger partial charge in [-0.25, -0.2) is 0 Å². The van der Waals surface area contributed by atoms with E-state index in [1.807, 2.05) is 54.6 Å². The molecular weight excluding hydrogens is 384 g/mol. The summed E-state index contributed by atoms with van der Waals surface area (Å²) in [5.74, 6) is 2.81. The largest absolute Gasteiger partial charge is 0.455 e. The normalized spacial score (nSPS) is 13.5. The van der Waals surface area contributed by atoms with Crippen LogP contribution in [0, 0.1) is 0 Å². The first-order valence-corrected chi connectivity index (χ1v) is 10.8. The maximum Gasteiger partial charge on any atom is 0.234 e. The number of anilines is 1. The highest BCUT2D eigenvalue weighted by atomic mass is 32.2. The zero-order valence-corrected chi connectivity index (χ0v) is 17.4. The second-order valence-electron chi connectivity index (χ2n) is 7.34. The van der Waals surface area contributed by atoms with Crippen molar-refractivity contribution < 1.29 is 9.53 Å². The van der Waals surface area contributed by atoms with Gasteiger partial charge >= 0.3 is 0 Å². The number of nitrogens with one attached hydrogen (secondary N) is 1. The number of thioether (sulfide) groups is 1. The van der Waals surface area contributed by atoms with Gasteiger partial charge in [0, 0.05) is 12.0 Å². The van der Waals surface area contributed by atoms with E-state index in [0.29, 0.717) is 23.4 Å². The fourth-order valence-electron chi connectivity index (χ4n) is 3.05. The fourth-order valence-corrected chi connectivity index (χ4v) is 3.86. The van der Waals surface area contributed by atoms with E-state index >= 15 is 0 Å². The van der Waals surface area contributed by atoms with Crippen LogP contribution in [-0.2, 0) is 4.79 Å². The van der Waals surface area contributed by atoms with Gasteiger partial charge in [-0.3, -0.25) is 4.79 Å². The Balaban J connectivity index is 1.41. The third-order valence-corrected chi connectivity index (χ3v) is 5.53. The second kappa shape index (κ2) is 8.69. The Morgan fingerprint density at radius 3 is 2.59 bits per heavy atom. The number of benzene rings is 2. The van der Waals surface area contributed by atoms with Gasteiger partial charge in [-0.2, -0.15) is 0 Å². The molecule has 6 nitrogen and oxygen atoms in total. The van der Waals surface area contributed by atoms with Gasteiger partial charge in [0.25, 0.3) is 0 Å². The van der Waals surface area contributed by atoms with Crippen LogP contribution in [-0.4, -0.2) is 26.4 Å². The minimum Gasteiger partial charge on any atom is -0.455 e. The third-order valence-electron chi connectivity index (χ3n) is 4.58. The molecule has 1 fully saturated rings. The maximum atomic E-state index is 12.6. The van der Waals surface area contributed by atoms with E-state index in [4.69, 9.17) is 4.74 Å². The Morgan fingerprint density at radius 1 is 1.14 bits per heavy atom. The number of aromatic nitrogens is 3. The van der Waals surface area contributed by atoms with Gasteiger partial charge in [-0.1, -0.05) is 55.9 Å². The molecule has 4 rings (SSSR count). The maximum absolute atomic E-state index is 12.6. The lowest BCUT2D eigenvalue weighted by atomic mass is 10.2. The van der Waals surface area contributed by atoms with Crippen LogP contribution in [0.2, 0.25) is 0 Å². The van der Waals surface area contributed by atoms with Crippen molar-refractivity contribution in [3.63, 3.8) is 0 Å². The van der Waals surface area contributed by atoms with Gasteiger partial charge in [0.05, 0.1) is 11.4 Å². The summed E-state index contributed by atoms with van der Waals surface area (Å²) in [6, 6.07) is 17.4. The molecule has 1 N–H and O–H groups in total. The molecule has 29 heavy (non-hydrogen) atoms. The van der Waals surface area contributed by atoms with Crippen molar-refractivity contribution in [2.45, 2.75) is 43.8 Å². The molecule has 0 spiro atoms. The van der Waals surface area contributed by atoms with Crippen molar-refractivity contribution in [1.29, 1.82) is 0 Å². The van der Waals surface area contributed by atoms with Gasteiger partial charge in [0.15, 0.2) is 10.9 Å². The van der Waals surface area contributed by atoms with E-state index in [1.165, 1.54) is 11.8 Å². The Hall–Kier alpha value is -2.80. The van der Waals surface area contributed by atoms with Gasteiger partial charge in [-0.15, -0.1) is 10.2 Å². The number of carbonyl (C=O) groups excluding carboxylic acids is 1. The van der Waals surface area contributed by atoms with Crippen LogP contribution >= 0.6 is 11.8 Å². The smallest absolute Gasteiger partial charge is 0.234 e. The number of amides is 1. The van der Waals surface area contributed by atoms with Crippen LogP contribution in [0.1, 0.15) is 44.5 Å². The Bertz CT molecular complexity index is 983. The van der Waals surface area contributed by atoms with Crippen molar-refractivity contribution in [2.75, 3.05) is 11.1 Å². The molecule has 150 valence electrons. The van der Waals surface area contributed by atoms with Crippen LogP contribution < -0.4 is 10.1 Å². The molecule has 1 aromatic heterocycles. The molecule has 0 atom stereocenters. The van der Waals surface area contributed by atoms with Crippen molar-refractivity contribution >= 4 is 23.4 Å². The molecule has 0 aliphatic heterocycles. The number of rotatable bonds is 8. The summed E-state index contributed by atoms with van der Waals surface area (Å²) in [5, 5.41) is 12.4. The Morgan fingerprint density at radius 2 is 1.86 bits per heavy atom. The molecule has 2 aromatic carbocycles. The SMILES string of the molecule is CC(C)c1nnc(SCC(=O)Nc2ccccc2Oc2ccccc2)n1C1CC1. The quantitative estimate of drug-likeness (QED) is 0.515. The lowest BCUT2D eigenvalue weighted by molar-refractivity contribution is -0.113. The molecule has 1 aliphatic carbocycles. The fraction of sp³-hybridized carbons (Fsp3) is 0.318. The molecule has 3 aromatic rings. The van der Waals surface area contributed by atoms with E-state index in [9.17, 15) is 4.79 Å². The van der Waals surface area contributed by atoms with Crippen molar-refractivity contribution in [1.82, 2.24) is 14.8 Å². The zero-order chi connectivity index (χ0) is 20.2. The lowest BCUT2D eigenvalue weighted by Gasteiger charge is -2.13. The van der Waals surface area contributed by atoms with E-state index in [-0.39, 0.29) is 11.7 Å². The first-order valence-electron chi connectivity index (χ1n) is 9.81. The minimum atomic E-state index is -0.101. The molecular formula is C22H24N4O2S. The highest BCUT2D eigenvalue weighted by Gasteiger charge is 2.30. The zero-order valence-electron chi connectivity index (χ0n) is 16.5. The summed E-state index contributed by atoms with van der Waals surface area (Å²) >= 11 is 1.43. The van der Waals surface area contributed by atoms with Crippen LogP contribution in [0.4, 0.5) is 5.69 Å². The van der Waals surface area contributed by atoms with Crippen LogP contribution in [0.25, 0.3) is 0 Å². The molecule has 0 radical (unpaired) electrons. The first-order chi connectivity index (χ1) is 14.1. The number of para-hydroxylation sites is 3. The number of hydrogen-bond acceptors (Lipinski definition) is 5. The summed E-state index contributed by atoms with van der Waals surface area (Å²) in [6.07, 6.45) is 2.31. The summed E-state index contributed by atoms with van der Waals surface area (Å²) in [4.78, 5) is 12.6. The van der Waals surface area contributed by atoms with Gasteiger partial charge < -0.3 is 14.6 Å². The first kappa shape index (κ1) is 19.5. The number of nitrogens with zero attached hydrogens (tertiary/aromatic N) is 3. The van der Waals surface area contributed by atoms with E-state index < -0.39 is 0 Å². The second-order valence-corrected chi connectivity index (χ2v) is 8.29. The monoisotopic (exact) mass is 408 g/mol. The molecule has 0 unspecified atom stereocenters. The van der Waals surface area contributed by atoms with Crippen LogP contribution in [0.5, 0.6) is 11.5 Å². The van der Waals surface area contributed by atoms with E-state index in [1.54, 1.807) is 0 Å². The van der Waals surface area contributed by atoms with Crippen molar-refractivity contribution in [3.05, 3.63) is 60.4 Å². The molecule has 0 bridgehead atoms. The highest BCUT2D eigenvalue weighted by molar-refractivity contribution is 7.99. The average molecular weight is 409 g/mol. The molecule has 1 amide bonds. The molecule has 1 heterocycles. The van der Waals surface area contributed by atoms with Crippen molar-refractivity contribution in [3.8, 4) is 11.5 Å². The Kier molecular flexibility index (Phi) is 5.85. The molecule has 7 heteroatoms. The lowest BCUT2D eigenvalue weighted by Crippen LogP contribution is -2.15. The standard InChI is InChI=1S/C22H24N4O2S/c1-15(2)21-24-25-22(26(21)16-12-13-16)29-14-20(27)23-18-10-6-7-11-19(18)28-17-8-4-3-5-9-17/h3-11,15-16H,12-14H2,1-2H3,(H,23,27). The molecule has 1 saturated carbocycles. The predicted octanol–water partition coefficient (Wildman–Crippen LogP) is 5.26. The van der Waals surface area contributed by atoms with E-state index in [0.717, 1.165) is 29.6 Å². The van der Waals surface area contributed by atoms with Crippen molar-refractivity contribution in [2.24, 2.45) is 0 Å². The topological polar surface area (TPSA) is 69.0 Å². The summed E-state index contributed by atoms with van der Waals surface area (Å²) < 4.78 is 8.12. The number of ether oxygens (including phenoxy) is 1. The summed E-state index contributed by atoms with van der Waals surface area (Å²) in [7, 11) is 0. The van der Waals surface area contributed by atoms with E-state index in [2.05, 4.69) is 33.9 Å². The van der Waals surface area contributed by atoms with Crippen LogP contribution in [0.15, 0.2) is 59.8 Å². The average Bonchev–Trinajstić information content (AvgIpc) is 3.47. The Labute approximate surface area is 174 Å². The molecule has 0 saturated heterocycles. The number of hydrogen-bond donors (Lipinski definition) is 1. The predicted molar refractivity (Wildman–Crippen MR) is 115 cm³/mol. The van der Waals surface area contributed by atoms with Gasteiger partial charge in [-0.05, 0) is 37.1 Å². The molecule has 1 aliphatic rings. The van der Waals surface area contributed by atoms with Gasteiger partial charge in [0.1, 0.15) is 11.6 Å². The minimum absolute atomic E-state index is 0.101. The summed E-state index contributed by atoms with van der Waals surface area (Å²) in [5.41, 5.74) is 0.647. The number of carbonyl (C=O) groups is 1. The summed E-state index contributed by atoms with van der Waals surface area (Å²) in [6.45, 7) is 4.24. The third kappa shape index (κ3) is 4.79. The van der Waals surface area contributed by atoms with Gasteiger partial charge in [0.2, 0.25) is 5.91 Å².